The molecule has 90 valence electrons. The summed E-state index contributed by atoms with van der Waals surface area (Å²) in [5, 5.41) is 9.15. The summed E-state index contributed by atoms with van der Waals surface area (Å²) in [6.07, 6.45) is 3.15. The molecule has 5 heteroatoms. The van der Waals surface area contributed by atoms with Gasteiger partial charge in [0.2, 0.25) is 0 Å². The lowest BCUT2D eigenvalue weighted by molar-refractivity contribution is 0.352. The SMILES string of the molecule is CCN1CCC(c2nnc3c(Cl)cccn23)C1. The predicted octanol–water partition coefficient (Wildman–Crippen LogP) is 2.19. The van der Waals surface area contributed by atoms with Crippen LogP contribution in [0.1, 0.15) is 25.1 Å². The van der Waals surface area contributed by atoms with Gasteiger partial charge in [-0.05, 0) is 31.6 Å². The fourth-order valence-electron chi connectivity index (χ4n) is 2.51. The van der Waals surface area contributed by atoms with E-state index in [-0.39, 0.29) is 0 Å². The predicted molar refractivity (Wildman–Crippen MR) is 67.5 cm³/mol. The topological polar surface area (TPSA) is 33.4 Å². The van der Waals surface area contributed by atoms with Crippen molar-refractivity contribution in [1.29, 1.82) is 0 Å². The molecule has 0 aliphatic carbocycles. The van der Waals surface area contributed by atoms with Gasteiger partial charge < -0.3 is 4.90 Å². The van der Waals surface area contributed by atoms with Gasteiger partial charge in [0.05, 0.1) is 5.02 Å². The highest BCUT2D eigenvalue weighted by Gasteiger charge is 2.26. The van der Waals surface area contributed by atoms with Gasteiger partial charge in [-0.25, -0.2) is 0 Å². The molecular weight excluding hydrogens is 236 g/mol. The molecule has 0 N–H and O–H groups in total. The Balaban J connectivity index is 1.99. The van der Waals surface area contributed by atoms with Gasteiger partial charge in [0.25, 0.3) is 0 Å². The van der Waals surface area contributed by atoms with Crippen molar-refractivity contribution in [2.75, 3.05) is 19.6 Å². The third-order valence-electron chi connectivity index (χ3n) is 3.50. The van der Waals surface area contributed by atoms with E-state index in [1.807, 2.05) is 22.7 Å². The summed E-state index contributed by atoms with van der Waals surface area (Å²) in [5.74, 6) is 1.52. The Morgan fingerprint density at radius 3 is 3.12 bits per heavy atom. The highest BCUT2D eigenvalue weighted by Crippen LogP contribution is 2.27. The largest absolute Gasteiger partial charge is 0.303 e. The summed E-state index contributed by atoms with van der Waals surface area (Å²) in [6.45, 7) is 5.52. The van der Waals surface area contributed by atoms with Crippen LogP contribution in [0.25, 0.3) is 5.65 Å². The molecule has 3 rings (SSSR count). The van der Waals surface area contributed by atoms with Crippen LogP contribution in [0.15, 0.2) is 18.3 Å². The number of hydrogen-bond acceptors (Lipinski definition) is 3. The molecule has 1 atom stereocenters. The van der Waals surface area contributed by atoms with Crippen LogP contribution in [0.3, 0.4) is 0 Å². The highest BCUT2D eigenvalue weighted by molar-refractivity contribution is 6.33. The minimum Gasteiger partial charge on any atom is -0.303 e. The number of hydrogen-bond donors (Lipinski definition) is 0. The standard InChI is InChI=1S/C12H15ClN4/c1-2-16-7-5-9(8-16)11-14-15-12-10(13)4-3-6-17(11)12/h3-4,6,9H,2,5,7-8H2,1H3. The normalized spacial score (nSPS) is 21.4. The number of rotatable bonds is 2. The number of likely N-dealkylation sites (tertiary alicyclic amines) is 1. The summed E-state index contributed by atoms with van der Waals surface area (Å²) >= 11 is 6.10. The fourth-order valence-corrected chi connectivity index (χ4v) is 2.71. The molecule has 1 unspecified atom stereocenters. The molecule has 2 aromatic heterocycles. The van der Waals surface area contributed by atoms with E-state index < -0.39 is 0 Å². The maximum atomic E-state index is 6.10. The van der Waals surface area contributed by atoms with Gasteiger partial charge >= 0.3 is 0 Å². The van der Waals surface area contributed by atoms with Gasteiger partial charge in [-0.3, -0.25) is 4.40 Å². The van der Waals surface area contributed by atoms with Crippen LogP contribution in [0.2, 0.25) is 5.02 Å². The molecule has 2 aromatic rings. The van der Waals surface area contributed by atoms with E-state index >= 15 is 0 Å². The molecule has 0 amide bonds. The van der Waals surface area contributed by atoms with Crippen molar-refractivity contribution in [2.24, 2.45) is 0 Å². The number of likely N-dealkylation sites (N-methyl/N-ethyl adjacent to an activating group) is 1. The van der Waals surface area contributed by atoms with Crippen LogP contribution in [0, 0.1) is 0 Å². The van der Waals surface area contributed by atoms with E-state index in [0.29, 0.717) is 10.9 Å². The molecule has 0 bridgehead atoms. The molecular formula is C12H15ClN4. The summed E-state index contributed by atoms with van der Waals surface area (Å²) in [4.78, 5) is 2.44. The molecule has 3 heterocycles. The second-order valence-electron chi connectivity index (χ2n) is 4.49. The Morgan fingerprint density at radius 1 is 1.47 bits per heavy atom. The van der Waals surface area contributed by atoms with Gasteiger partial charge in [-0.1, -0.05) is 18.5 Å². The van der Waals surface area contributed by atoms with E-state index in [9.17, 15) is 0 Å². The number of fused-ring (bicyclic) bond motifs is 1. The van der Waals surface area contributed by atoms with E-state index in [1.54, 1.807) is 0 Å². The molecule has 0 saturated carbocycles. The van der Waals surface area contributed by atoms with Crippen molar-refractivity contribution in [1.82, 2.24) is 19.5 Å². The summed E-state index contributed by atoms with van der Waals surface area (Å²) in [6, 6.07) is 3.79. The average molecular weight is 251 g/mol. The van der Waals surface area contributed by atoms with Crippen LogP contribution in [-0.2, 0) is 0 Å². The Hall–Kier alpha value is -1.13. The average Bonchev–Trinajstić information content (AvgIpc) is 2.94. The third-order valence-corrected chi connectivity index (χ3v) is 3.79. The van der Waals surface area contributed by atoms with Gasteiger partial charge in [-0.2, -0.15) is 0 Å². The Bertz CT molecular complexity index is 536. The molecule has 0 spiro atoms. The summed E-state index contributed by atoms with van der Waals surface area (Å²) in [7, 11) is 0. The first-order valence-corrected chi connectivity index (χ1v) is 6.39. The minimum atomic E-state index is 0.475. The van der Waals surface area contributed by atoms with Crippen LogP contribution in [0.4, 0.5) is 0 Å². The molecule has 1 saturated heterocycles. The molecule has 0 aromatic carbocycles. The molecule has 1 aliphatic rings. The lowest BCUT2D eigenvalue weighted by Crippen LogP contribution is -2.19. The van der Waals surface area contributed by atoms with Crippen LogP contribution in [-0.4, -0.2) is 39.1 Å². The molecule has 1 fully saturated rings. The quantitative estimate of drug-likeness (QED) is 0.819. The number of aromatic nitrogens is 3. The van der Waals surface area contributed by atoms with Crippen molar-refractivity contribution in [3.05, 3.63) is 29.2 Å². The fraction of sp³-hybridized carbons (Fsp3) is 0.500. The number of nitrogens with zero attached hydrogens (tertiary/aromatic N) is 4. The molecule has 1 aliphatic heterocycles. The lowest BCUT2D eigenvalue weighted by atomic mass is 10.1. The Kier molecular flexibility index (Phi) is 2.76. The van der Waals surface area contributed by atoms with E-state index in [0.717, 1.165) is 37.5 Å². The second kappa shape index (κ2) is 4.27. The van der Waals surface area contributed by atoms with Crippen molar-refractivity contribution in [3.8, 4) is 0 Å². The van der Waals surface area contributed by atoms with E-state index in [4.69, 9.17) is 11.6 Å². The zero-order valence-electron chi connectivity index (χ0n) is 9.80. The monoisotopic (exact) mass is 250 g/mol. The summed E-state index contributed by atoms with van der Waals surface area (Å²) in [5.41, 5.74) is 0.763. The lowest BCUT2D eigenvalue weighted by Gasteiger charge is -2.11. The Morgan fingerprint density at radius 2 is 2.35 bits per heavy atom. The van der Waals surface area contributed by atoms with Gasteiger partial charge in [0, 0.05) is 18.7 Å². The second-order valence-corrected chi connectivity index (χ2v) is 4.89. The van der Waals surface area contributed by atoms with Crippen LogP contribution < -0.4 is 0 Å². The minimum absolute atomic E-state index is 0.475. The van der Waals surface area contributed by atoms with E-state index in [2.05, 4.69) is 22.0 Å². The summed E-state index contributed by atoms with van der Waals surface area (Å²) < 4.78 is 2.02. The maximum absolute atomic E-state index is 6.10. The van der Waals surface area contributed by atoms with Crippen molar-refractivity contribution < 1.29 is 0 Å². The third kappa shape index (κ3) is 1.81. The highest BCUT2D eigenvalue weighted by atomic mass is 35.5. The van der Waals surface area contributed by atoms with Gasteiger partial charge in [0.1, 0.15) is 5.82 Å². The maximum Gasteiger partial charge on any atom is 0.179 e. The van der Waals surface area contributed by atoms with E-state index in [1.165, 1.54) is 0 Å². The van der Waals surface area contributed by atoms with Crippen molar-refractivity contribution in [3.63, 3.8) is 0 Å². The smallest absolute Gasteiger partial charge is 0.179 e. The van der Waals surface area contributed by atoms with Crippen molar-refractivity contribution >= 4 is 17.2 Å². The number of halogens is 1. The molecule has 0 radical (unpaired) electrons. The molecule has 17 heavy (non-hydrogen) atoms. The first-order chi connectivity index (χ1) is 8.29. The first-order valence-electron chi connectivity index (χ1n) is 6.01. The zero-order valence-corrected chi connectivity index (χ0v) is 10.6. The van der Waals surface area contributed by atoms with Crippen LogP contribution >= 0.6 is 11.6 Å². The van der Waals surface area contributed by atoms with Gasteiger partial charge in [0.15, 0.2) is 5.65 Å². The van der Waals surface area contributed by atoms with Gasteiger partial charge in [-0.15, -0.1) is 10.2 Å². The zero-order chi connectivity index (χ0) is 11.8. The molecule has 4 nitrogen and oxygen atoms in total. The number of pyridine rings is 1. The van der Waals surface area contributed by atoms with Crippen molar-refractivity contribution in [2.45, 2.75) is 19.3 Å². The van der Waals surface area contributed by atoms with Crippen LogP contribution in [0.5, 0.6) is 0 Å². The first kappa shape index (κ1) is 11.0. The Labute approximate surface area is 105 Å².